The van der Waals surface area contributed by atoms with Gasteiger partial charge in [0.1, 0.15) is 0 Å². The van der Waals surface area contributed by atoms with Crippen molar-refractivity contribution < 1.29 is 4.79 Å². The van der Waals surface area contributed by atoms with Gasteiger partial charge in [0.05, 0.1) is 12.6 Å². The van der Waals surface area contributed by atoms with E-state index in [-0.39, 0.29) is 11.9 Å². The number of halogens is 1. The zero-order valence-corrected chi connectivity index (χ0v) is 14.0. The molecule has 3 nitrogen and oxygen atoms in total. The molecule has 1 aromatic carbocycles. The Kier molecular flexibility index (Phi) is 5.84. The van der Waals surface area contributed by atoms with Gasteiger partial charge in [-0.3, -0.25) is 9.69 Å². The van der Waals surface area contributed by atoms with Crippen molar-refractivity contribution >= 4 is 21.8 Å². The van der Waals surface area contributed by atoms with Gasteiger partial charge in [-0.1, -0.05) is 46.5 Å². The fourth-order valence-corrected chi connectivity index (χ4v) is 3.20. The van der Waals surface area contributed by atoms with Crippen LogP contribution in [0.5, 0.6) is 0 Å². The van der Waals surface area contributed by atoms with E-state index < -0.39 is 0 Å². The first-order chi connectivity index (χ1) is 10.1. The lowest BCUT2D eigenvalue weighted by molar-refractivity contribution is -0.137. The first-order valence-electron chi connectivity index (χ1n) is 7.29. The minimum absolute atomic E-state index is 0.0673. The number of hydrogen-bond acceptors (Lipinski definition) is 2. The Hall–Kier alpha value is -1.31. The largest absolute Gasteiger partial charge is 0.340 e. The van der Waals surface area contributed by atoms with Crippen molar-refractivity contribution in [2.24, 2.45) is 0 Å². The quantitative estimate of drug-likeness (QED) is 0.781. The normalized spacial score (nSPS) is 19.0. The molecule has 1 aromatic rings. The number of amides is 1. The third-order valence-electron chi connectivity index (χ3n) is 3.93. The Labute approximate surface area is 135 Å². The van der Waals surface area contributed by atoms with Crippen molar-refractivity contribution in [2.75, 3.05) is 20.1 Å². The van der Waals surface area contributed by atoms with Gasteiger partial charge in [0.2, 0.25) is 5.91 Å². The second-order valence-corrected chi connectivity index (χ2v) is 6.33. The van der Waals surface area contributed by atoms with Crippen LogP contribution in [-0.4, -0.2) is 41.9 Å². The molecule has 21 heavy (non-hydrogen) atoms. The highest BCUT2D eigenvalue weighted by molar-refractivity contribution is 9.10. The maximum atomic E-state index is 12.7. The zero-order chi connectivity index (χ0) is 15.2. The molecule has 1 atom stereocenters. The topological polar surface area (TPSA) is 23.6 Å². The standard InChI is InChI=1S/C17H21BrN2O/c1-3-11-20-12-7-6-10-16(20)17(21)19(2)13-14-8-4-5-9-15(14)18/h1,4-5,8-9,16H,6-7,10-13H2,2H3. The summed E-state index contributed by atoms with van der Waals surface area (Å²) in [4.78, 5) is 16.6. The number of nitrogens with zero attached hydrogens (tertiary/aromatic N) is 2. The van der Waals surface area contributed by atoms with E-state index in [4.69, 9.17) is 6.42 Å². The van der Waals surface area contributed by atoms with E-state index in [1.165, 1.54) is 0 Å². The molecule has 0 aliphatic carbocycles. The predicted molar refractivity (Wildman–Crippen MR) is 88.7 cm³/mol. The zero-order valence-electron chi connectivity index (χ0n) is 12.4. The van der Waals surface area contributed by atoms with Crippen LogP contribution in [0.4, 0.5) is 0 Å². The van der Waals surface area contributed by atoms with Crippen LogP contribution < -0.4 is 0 Å². The number of likely N-dealkylation sites (tertiary alicyclic amines) is 1. The van der Waals surface area contributed by atoms with Crippen molar-refractivity contribution in [3.8, 4) is 12.3 Å². The first kappa shape index (κ1) is 16.1. The first-order valence-corrected chi connectivity index (χ1v) is 8.08. The van der Waals surface area contributed by atoms with Crippen LogP contribution in [0.25, 0.3) is 0 Å². The van der Waals surface area contributed by atoms with E-state index in [1.54, 1.807) is 4.90 Å². The Morgan fingerprint density at radius 3 is 2.95 bits per heavy atom. The highest BCUT2D eigenvalue weighted by Gasteiger charge is 2.30. The van der Waals surface area contributed by atoms with Crippen molar-refractivity contribution in [2.45, 2.75) is 31.8 Å². The van der Waals surface area contributed by atoms with Crippen LogP contribution in [-0.2, 0) is 11.3 Å². The predicted octanol–water partition coefficient (Wildman–Crippen LogP) is 2.90. The lowest BCUT2D eigenvalue weighted by Gasteiger charge is -2.35. The molecule has 0 spiro atoms. The van der Waals surface area contributed by atoms with Gasteiger partial charge in [-0.2, -0.15) is 0 Å². The molecule has 112 valence electrons. The van der Waals surface area contributed by atoms with E-state index >= 15 is 0 Å². The minimum atomic E-state index is -0.0673. The summed E-state index contributed by atoms with van der Waals surface area (Å²) in [5, 5.41) is 0. The number of hydrogen-bond donors (Lipinski definition) is 0. The number of terminal acetylenes is 1. The molecule has 0 bridgehead atoms. The number of benzene rings is 1. The summed E-state index contributed by atoms with van der Waals surface area (Å²) >= 11 is 3.53. The van der Waals surface area contributed by atoms with Gasteiger partial charge in [0.15, 0.2) is 0 Å². The minimum Gasteiger partial charge on any atom is -0.340 e. The fraction of sp³-hybridized carbons (Fsp3) is 0.471. The summed E-state index contributed by atoms with van der Waals surface area (Å²) in [6.07, 6.45) is 8.54. The van der Waals surface area contributed by atoms with E-state index in [1.807, 2.05) is 31.3 Å². The summed E-state index contributed by atoms with van der Waals surface area (Å²) in [6, 6.07) is 7.93. The SMILES string of the molecule is C#CCN1CCCCC1C(=O)N(C)Cc1ccccc1Br. The average molecular weight is 349 g/mol. The van der Waals surface area contributed by atoms with Crippen LogP contribution >= 0.6 is 15.9 Å². The van der Waals surface area contributed by atoms with Crippen LogP contribution in [0.2, 0.25) is 0 Å². The second kappa shape index (κ2) is 7.63. The third-order valence-corrected chi connectivity index (χ3v) is 4.71. The van der Waals surface area contributed by atoms with E-state index in [2.05, 4.69) is 26.8 Å². The van der Waals surface area contributed by atoms with Crippen LogP contribution in [0.1, 0.15) is 24.8 Å². The Morgan fingerprint density at radius 1 is 1.48 bits per heavy atom. The Morgan fingerprint density at radius 2 is 2.24 bits per heavy atom. The van der Waals surface area contributed by atoms with Crippen molar-refractivity contribution in [3.05, 3.63) is 34.3 Å². The molecule has 1 heterocycles. The van der Waals surface area contributed by atoms with Gasteiger partial charge in [0.25, 0.3) is 0 Å². The molecule has 4 heteroatoms. The molecular weight excluding hydrogens is 328 g/mol. The summed E-state index contributed by atoms with van der Waals surface area (Å²) in [5.74, 6) is 2.84. The maximum absolute atomic E-state index is 12.7. The molecule has 0 N–H and O–H groups in total. The summed E-state index contributed by atoms with van der Waals surface area (Å²) in [7, 11) is 1.87. The van der Waals surface area contributed by atoms with Gasteiger partial charge in [-0.25, -0.2) is 0 Å². The number of carbonyl (C=O) groups excluding carboxylic acids is 1. The third kappa shape index (κ3) is 4.09. The lowest BCUT2D eigenvalue weighted by atomic mass is 10.0. The second-order valence-electron chi connectivity index (χ2n) is 5.47. The van der Waals surface area contributed by atoms with Crippen LogP contribution in [0.15, 0.2) is 28.7 Å². The number of carbonyl (C=O) groups is 1. The van der Waals surface area contributed by atoms with E-state index in [0.29, 0.717) is 13.1 Å². The van der Waals surface area contributed by atoms with Crippen molar-refractivity contribution in [3.63, 3.8) is 0 Å². The number of rotatable bonds is 4. The smallest absolute Gasteiger partial charge is 0.239 e. The maximum Gasteiger partial charge on any atom is 0.239 e. The molecule has 2 rings (SSSR count). The molecule has 0 saturated carbocycles. The molecule has 0 aromatic heterocycles. The van der Waals surface area contributed by atoms with Gasteiger partial charge in [-0.15, -0.1) is 6.42 Å². The molecular formula is C17H21BrN2O. The van der Waals surface area contributed by atoms with Gasteiger partial charge >= 0.3 is 0 Å². The summed E-state index contributed by atoms with van der Waals surface area (Å²) in [5.41, 5.74) is 1.12. The summed E-state index contributed by atoms with van der Waals surface area (Å²) < 4.78 is 1.04. The number of likely N-dealkylation sites (N-methyl/N-ethyl adjacent to an activating group) is 1. The molecule has 1 saturated heterocycles. The van der Waals surface area contributed by atoms with Gasteiger partial charge in [0, 0.05) is 18.1 Å². The molecule has 1 amide bonds. The average Bonchev–Trinajstić information content (AvgIpc) is 2.50. The Balaban J connectivity index is 2.04. The molecule has 1 aliphatic heterocycles. The van der Waals surface area contributed by atoms with Crippen LogP contribution in [0.3, 0.4) is 0 Å². The molecule has 1 unspecified atom stereocenters. The van der Waals surface area contributed by atoms with Crippen molar-refractivity contribution in [1.29, 1.82) is 0 Å². The highest BCUT2D eigenvalue weighted by Crippen LogP contribution is 2.21. The fourth-order valence-electron chi connectivity index (χ4n) is 2.79. The van der Waals surface area contributed by atoms with Gasteiger partial charge in [-0.05, 0) is 31.0 Å². The van der Waals surface area contributed by atoms with E-state index in [0.717, 1.165) is 35.8 Å². The molecule has 1 aliphatic rings. The lowest BCUT2D eigenvalue weighted by Crippen LogP contribution is -2.49. The summed E-state index contributed by atoms with van der Waals surface area (Å²) in [6.45, 7) is 2.09. The van der Waals surface area contributed by atoms with Crippen LogP contribution in [0, 0.1) is 12.3 Å². The Bertz CT molecular complexity index is 538. The van der Waals surface area contributed by atoms with Crippen molar-refractivity contribution in [1.82, 2.24) is 9.80 Å². The molecule has 1 fully saturated rings. The monoisotopic (exact) mass is 348 g/mol. The molecule has 0 radical (unpaired) electrons. The highest BCUT2D eigenvalue weighted by atomic mass is 79.9. The van der Waals surface area contributed by atoms with Gasteiger partial charge < -0.3 is 4.90 Å². The number of piperidine rings is 1. The van der Waals surface area contributed by atoms with E-state index in [9.17, 15) is 4.79 Å².